The van der Waals surface area contributed by atoms with Gasteiger partial charge in [0.1, 0.15) is 5.82 Å². The minimum Gasteiger partial charge on any atom is -0.441 e. The van der Waals surface area contributed by atoms with Gasteiger partial charge in [-0.05, 0) is 19.1 Å². The van der Waals surface area contributed by atoms with Crippen molar-refractivity contribution >= 4 is 17.5 Å². The van der Waals surface area contributed by atoms with Crippen molar-refractivity contribution in [2.75, 3.05) is 6.54 Å². The number of rotatable bonds is 5. The Labute approximate surface area is 174 Å². The van der Waals surface area contributed by atoms with E-state index in [0.29, 0.717) is 42.0 Å². The van der Waals surface area contributed by atoms with E-state index < -0.39 is 0 Å². The molecule has 3 aromatic rings. The Hall–Kier alpha value is -2.67. The highest BCUT2D eigenvalue weighted by atomic mass is 35.5. The Kier molecular flexibility index (Phi) is 5.41. The molecule has 1 aliphatic rings. The number of amides is 1. The van der Waals surface area contributed by atoms with Crippen LogP contribution in [0.5, 0.6) is 0 Å². The topological polar surface area (TPSA) is 77.1 Å². The van der Waals surface area contributed by atoms with E-state index in [2.05, 4.69) is 33.6 Å². The fourth-order valence-corrected chi connectivity index (χ4v) is 3.97. The molecule has 0 saturated carbocycles. The van der Waals surface area contributed by atoms with E-state index in [9.17, 15) is 4.79 Å². The van der Waals surface area contributed by atoms with Crippen LogP contribution in [0.1, 0.15) is 56.7 Å². The van der Waals surface area contributed by atoms with Crippen molar-refractivity contribution < 1.29 is 9.21 Å². The summed E-state index contributed by atoms with van der Waals surface area (Å²) in [6, 6.07) is 7.36. The second-order valence-corrected chi connectivity index (χ2v) is 7.99. The Morgan fingerprint density at radius 3 is 2.83 bits per heavy atom. The van der Waals surface area contributed by atoms with Gasteiger partial charge in [0.05, 0.1) is 17.3 Å². The minimum absolute atomic E-state index is 0.0651. The van der Waals surface area contributed by atoms with E-state index in [0.717, 1.165) is 23.8 Å². The van der Waals surface area contributed by atoms with E-state index in [4.69, 9.17) is 16.0 Å². The molecule has 1 amide bonds. The first kappa shape index (κ1) is 19.6. The van der Waals surface area contributed by atoms with Gasteiger partial charge in [0, 0.05) is 37.4 Å². The molecule has 0 spiro atoms. The molecule has 2 aromatic heterocycles. The van der Waals surface area contributed by atoms with Crippen molar-refractivity contribution in [3.63, 3.8) is 0 Å². The Balaban J connectivity index is 1.41. The van der Waals surface area contributed by atoms with Crippen LogP contribution in [0.4, 0.5) is 0 Å². The van der Waals surface area contributed by atoms with Crippen LogP contribution in [0, 0.1) is 0 Å². The van der Waals surface area contributed by atoms with Crippen LogP contribution in [0.2, 0.25) is 5.02 Å². The smallest absolute Gasteiger partial charge is 0.223 e. The maximum atomic E-state index is 12.8. The first-order chi connectivity index (χ1) is 14.0. The largest absolute Gasteiger partial charge is 0.441 e. The molecule has 29 heavy (non-hydrogen) atoms. The van der Waals surface area contributed by atoms with Gasteiger partial charge in [-0.3, -0.25) is 4.79 Å². The molecule has 1 unspecified atom stereocenters. The number of fused-ring (bicyclic) bond motifs is 1. The first-order valence-corrected chi connectivity index (χ1v) is 10.3. The van der Waals surface area contributed by atoms with Crippen LogP contribution in [0.3, 0.4) is 0 Å². The Morgan fingerprint density at radius 2 is 2.07 bits per heavy atom. The number of oxazole rings is 1. The maximum Gasteiger partial charge on any atom is 0.223 e. The zero-order chi connectivity index (χ0) is 20.5. The highest BCUT2D eigenvalue weighted by Gasteiger charge is 2.31. The summed E-state index contributed by atoms with van der Waals surface area (Å²) in [5.41, 5.74) is 0.796. The van der Waals surface area contributed by atoms with Crippen molar-refractivity contribution in [1.29, 1.82) is 0 Å². The van der Waals surface area contributed by atoms with Gasteiger partial charge in [0.15, 0.2) is 17.5 Å². The normalized spacial score (nSPS) is 16.3. The molecule has 152 valence electrons. The number of hydrogen-bond donors (Lipinski definition) is 0. The molecule has 3 heterocycles. The fourth-order valence-electron chi connectivity index (χ4n) is 3.74. The summed E-state index contributed by atoms with van der Waals surface area (Å²) in [6.07, 6.45) is 2.43. The number of aryl methyl sites for hydroxylation is 1. The van der Waals surface area contributed by atoms with Crippen molar-refractivity contribution in [2.45, 2.75) is 52.1 Å². The monoisotopic (exact) mass is 413 g/mol. The summed E-state index contributed by atoms with van der Waals surface area (Å²) in [5, 5.41) is 9.25. The molecule has 0 bridgehead atoms. The number of carbonyl (C=O) groups is 1. The third kappa shape index (κ3) is 3.79. The van der Waals surface area contributed by atoms with Gasteiger partial charge < -0.3 is 13.9 Å². The molecule has 4 rings (SSSR count). The Bertz CT molecular complexity index is 1030. The highest BCUT2D eigenvalue weighted by Crippen LogP contribution is 2.29. The third-order valence-corrected chi connectivity index (χ3v) is 5.63. The van der Waals surface area contributed by atoms with Gasteiger partial charge in [-0.25, -0.2) is 4.98 Å². The number of aromatic nitrogens is 4. The minimum atomic E-state index is -0.0977. The molecule has 0 aliphatic carbocycles. The zero-order valence-corrected chi connectivity index (χ0v) is 17.6. The molecule has 8 heteroatoms. The van der Waals surface area contributed by atoms with E-state index >= 15 is 0 Å². The quantitative estimate of drug-likeness (QED) is 0.625. The lowest BCUT2D eigenvalue weighted by Crippen LogP contribution is -2.41. The highest BCUT2D eigenvalue weighted by molar-refractivity contribution is 6.33. The predicted octanol–water partition coefficient (Wildman–Crippen LogP) is 4.25. The van der Waals surface area contributed by atoms with Crippen LogP contribution in [0.15, 0.2) is 34.9 Å². The fraction of sp³-hybridized carbons (Fsp3) is 0.429. The van der Waals surface area contributed by atoms with Crippen LogP contribution in [0.25, 0.3) is 11.3 Å². The van der Waals surface area contributed by atoms with Crippen LogP contribution >= 0.6 is 11.6 Å². The second-order valence-electron chi connectivity index (χ2n) is 7.58. The predicted molar refractivity (Wildman–Crippen MR) is 110 cm³/mol. The number of nitrogens with zero attached hydrogens (tertiary/aromatic N) is 5. The van der Waals surface area contributed by atoms with Crippen LogP contribution < -0.4 is 0 Å². The third-order valence-electron chi connectivity index (χ3n) is 5.30. The lowest BCUT2D eigenvalue weighted by Gasteiger charge is -2.34. The van der Waals surface area contributed by atoms with E-state index in [1.807, 2.05) is 36.1 Å². The molecule has 1 atom stereocenters. The first-order valence-electron chi connectivity index (χ1n) is 9.87. The van der Waals surface area contributed by atoms with E-state index in [1.165, 1.54) is 0 Å². The number of carbonyl (C=O) groups excluding carboxylic acids is 1. The molecule has 0 radical (unpaired) electrons. The van der Waals surface area contributed by atoms with Crippen molar-refractivity contribution in [3.05, 3.63) is 53.0 Å². The van der Waals surface area contributed by atoms with E-state index in [-0.39, 0.29) is 11.9 Å². The number of halogens is 1. The van der Waals surface area contributed by atoms with Gasteiger partial charge in [0.2, 0.25) is 5.91 Å². The van der Waals surface area contributed by atoms with Gasteiger partial charge >= 0.3 is 0 Å². The van der Waals surface area contributed by atoms with Gasteiger partial charge in [0.25, 0.3) is 0 Å². The Morgan fingerprint density at radius 1 is 1.28 bits per heavy atom. The van der Waals surface area contributed by atoms with E-state index in [1.54, 1.807) is 6.20 Å². The summed E-state index contributed by atoms with van der Waals surface area (Å²) in [7, 11) is 0. The summed E-state index contributed by atoms with van der Waals surface area (Å²) < 4.78 is 7.95. The molecular formula is C21H24ClN5O2. The molecule has 1 aliphatic heterocycles. The molecule has 1 aromatic carbocycles. The number of benzene rings is 1. The maximum absolute atomic E-state index is 12.8. The van der Waals surface area contributed by atoms with Crippen LogP contribution in [-0.4, -0.2) is 37.1 Å². The number of hydrogen-bond acceptors (Lipinski definition) is 5. The molecule has 7 nitrogen and oxygen atoms in total. The summed E-state index contributed by atoms with van der Waals surface area (Å²) in [4.78, 5) is 19.0. The van der Waals surface area contributed by atoms with Crippen molar-refractivity contribution in [2.24, 2.45) is 0 Å². The zero-order valence-electron chi connectivity index (χ0n) is 16.8. The molecule has 0 N–H and O–H groups in total. The summed E-state index contributed by atoms with van der Waals surface area (Å²) in [6.45, 7) is 7.59. The summed E-state index contributed by atoms with van der Waals surface area (Å²) >= 11 is 6.21. The van der Waals surface area contributed by atoms with Gasteiger partial charge in [-0.15, -0.1) is 10.2 Å². The SMILES string of the molecule is CC(C)c1nnc2n1CCN(C(=O)CCc1ncc(-c3ccccc3Cl)o1)C2C. The molecule has 0 saturated heterocycles. The lowest BCUT2D eigenvalue weighted by atomic mass is 10.1. The van der Waals surface area contributed by atoms with Crippen molar-refractivity contribution in [1.82, 2.24) is 24.6 Å². The van der Waals surface area contributed by atoms with Gasteiger partial charge in [-0.1, -0.05) is 37.6 Å². The second kappa shape index (κ2) is 7.99. The summed E-state index contributed by atoms with van der Waals surface area (Å²) in [5.74, 6) is 3.34. The van der Waals surface area contributed by atoms with Crippen molar-refractivity contribution in [3.8, 4) is 11.3 Å². The van der Waals surface area contributed by atoms with Crippen LogP contribution in [-0.2, 0) is 17.8 Å². The average Bonchev–Trinajstić information content (AvgIpc) is 3.34. The molecule has 0 fully saturated rings. The standard InChI is InChI=1S/C21H24ClN5O2/c1-13(2)20-24-25-21-14(3)26(10-11-27(20)21)19(28)9-8-18-23-12-17(29-18)15-6-4-5-7-16(15)22/h4-7,12-14H,8-11H2,1-3H3. The molecular weight excluding hydrogens is 390 g/mol. The van der Waals surface area contributed by atoms with Gasteiger partial charge in [-0.2, -0.15) is 0 Å². The average molecular weight is 414 g/mol. The lowest BCUT2D eigenvalue weighted by molar-refractivity contribution is -0.134.